The molecule has 0 aliphatic heterocycles. The molecule has 22 heavy (non-hydrogen) atoms. The Morgan fingerprint density at radius 1 is 0.909 bits per heavy atom. The Kier molecular flexibility index (Phi) is 4.68. The van der Waals surface area contributed by atoms with Gasteiger partial charge in [0.2, 0.25) is 0 Å². The second kappa shape index (κ2) is 6.67. The summed E-state index contributed by atoms with van der Waals surface area (Å²) in [5.41, 5.74) is 0.0313. The highest BCUT2D eigenvalue weighted by molar-refractivity contribution is 6.07. The quantitative estimate of drug-likeness (QED) is 0.533. The van der Waals surface area contributed by atoms with Gasteiger partial charge in [-0.3, -0.25) is 4.79 Å². The number of aromatic hydroxyl groups is 1. The number of rotatable bonds is 4. The Hall–Kier alpha value is -2.95. The molecule has 112 valence electrons. The van der Waals surface area contributed by atoms with Crippen molar-refractivity contribution in [1.82, 2.24) is 0 Å². The first-order valence-electron chi connectivity index (χ1n) is 6.71. The van der Waals surface area contributed by atoms with Crippen LogP contribution in [0.1, 0.15) is 44.4 Å². The number of para-hydroxylation sites is 1. The average Bonchev–Trinajstić information content (AvgIpc) is 2.55. The van der Waals surface area contributed by atoms with E-state index in [1.165, 1.54) is 30.3 Å². The molecule has 0 aromatic heterocycles. The first kappa shape index (κ1) is 15.4. The molecular weight excluding hydrogens is 284 g/mol. The van der Waals surface area contributed by atoms with Crippen LogP contribution in [-0.2, 0) is 4.74 Å². The number of hydrogen-bond donors (Lipinski definition) is 1. The van der Waals surface area contributed by atoms with Crippen LogP contribution in [0.5, 0.6) is 5.75 Å². The Morgan fingerprint density at radius 3 is 2.18 bits per heavy atom. The minimum Gasteiger partial charge on any atom is -0.506 e. The van der Waals surface area contributed by atoms with Gasteiger partial charge in [-0.05, 0) is 24.3 Å². The highest BCUT2D eigenvalue weighted by Gasteiger charge is 2.21. The van der Waals surface area contributed by atoms with E-state index in [0.717, 1.165) is 0 Å². The minimum absolute atomic E-state index is 0.0316. The molecule has 1 N–H and O–H groups in total. The number of benzene rings is 2. The van der Waals surface area contributed by atoms with Crippen LogP contribution in [0.25, 0.3) is 0 Å². The highest BCUT2D eigenvalue weighted by atomic mass is 16.6. The molecule has 5 nitrogen and oxygen atoms in total. The Bertz CT molecular complexity index is 719. The van der Waals surface area contributed by atoms with Gasteiger partial charge in [-0.1, -0.05) is 31.2 Å². The third kappa shape index (κ3) is 3.20. The lowest BCUT2D eigenvalue weighted by Gasteiger charge is -2.08. The maximum absolute atomic E-state index is 12.0. The van der Waals surface area contributed by atoms with Gasteiger partial charge in [0.25, 0.3) is 0 Å². The number of phenols is 1. The largest absolute Gasteiger partial charge is 0.506 e. The number of phenolic OH excluding ortho intramolecular Hbond substituents is 1. The van der Waals surface area contributed by atoms with Crippen molar-refractivity contribution in [3.05, 3.63) is 65.2 Å². The van der Waals surface area contributed by atoms with Gasteiger partial charge in [0.05, 0.1) is 11.1 Å². The van der Waals surface area contributed by atoms with Crippen LogP contribution < -0.4 is 0 Å². The summed E-state index contributed by atoms with van der Waals surface area (Å²) in [6.07, 6.45) is 0.189. The Morgan fingerprint density at radius 2 is 1.55 bits per heavy atom. The Labute approximate surface area is 127 Å². The molecule has 0 saturated heterocycles. The lowest BCUT2D eigenvalue weighted by atomic mass is 10.0. The predicted octanol–water partition coefficient (Wildman–Crippen LogP) is 2.98. The number of ether oxygens (including phenoxy) is 1. The van der Waals surface area contributed by atoms with E-state index in [2.05, 4.69) is 0 Å². The maximum atomic E-state index is 12.0. The predicted molar refractivity (Wildman–Crippen MR) is 78.9 cm³/mol. The van der Waals surface area contributed by atoms with Crippen molar-refractivity contribution >= 4 is 17.7 Å². The topological polar surface area (TPSA) is 80.7 Å². The van der Waals surface area contributed by atoms with Crippen molar-refractivity contribution in [2.24, 2.45) is 0 Å². The average molecular weight is 298 g/mol. The second-order valence-corrected chi connectivity index (χ2v) is 4.52. The van der Waals surface area contributed by atoms with Crippen LogP contribution in [0, 0.1) is 0 Å². The van der Waals surface area contributed by atoms with Crippen molar-refractivity contribution in [1.29, 1.82) is 0 Å². The summed E-state index contributed by atoms with van der Waals surface area (Å²) < 4.78 is 4.72. The zero-order valence-electron chi connectivity index (χ0n) is 11.9. The van der Waals surface area contributed by atoms with Gasteiger partial charge in [-0.2, -0.15) is 0 Å². The summed E-state index contributed by atoms with van der Waals surface area (Å²) in [5, 5.41) is 10.0. The fourth-order valence-corrected chi connectivity index (χ4v) is 1.90. The molecule has 0 fully saturated rings. The van der Waals surface area contributed by atoms with Crippen molar-refractivity contribution in [3.63, 3.8) is 0 Å². The molecule has 0 spiro atoms. The number of ketones is 1. The van der Waals surface area contributed by atoms with Crippen molar-refractivity contribution in [2.75, 3.05) is 0 Å². The first-order valence-corrected chi connectivity index (χ1v) is 6.71. The summed E-state index contributed by atoms with van der Waals surface area (Å²) in [6, 6.07) is 12.2. The van der Waals surface area contributed by atoms with Crippen LogP contribution in [0.2, 0.25) is 0 Å². The van der Waals surface area contributed by atoms with Crippen LogP contribution in [0.15, 0.2) is 48.5 Å². The van der Waals surface area contributed by atoms with Crippen molar-refractivity contribution in [3.8, 4) is 5.75 Å². The number of hydrogen-bond acceptors (Lipinski definition) is 5. The molecule has 2 aromatic rings. The maximum Gasteiger partial charge on any atom is 0.349 e. The van der Waals surface area contributed by atoms with Gasteiger partial charge >= 0.3 is 11.9 Å². The van der Waals surface area contributed by atoms with E-state index < -0.39 is 17.7 Å². The molecule has 0 aliphatic carbocycles. The lowest BCUT2D eigenvalue weighted by Crippen LogP contribution is -2.13. The van der Waals surface area contributed by atoms with E-state index in [1.54, 1.807) is 25.1 Å². The normalized spacial score (nSPS) is 10.0. The molecule has 0 amide bonds. The van der Waals surface area contributed by atoms with E-state index in [9.17, 15) is 19.5 Å². The van der Waals surface area contributed by atoms with E-state index >= 15 is 0 Å². The van der Waals surface area contributed by atoms with Gasteiger partial charge in [-0.15, -0.1) is 0 Å². The summed E-state index contributed by atoms with van der Waals surface area (Å²) in [7, 11) is 0. The van der Waals surface area contributed by atoms with Gasteiger partial charge in [0.15, 0.2) is 5.78 Å². The molecular formula is C17H14O5. The van der Waals surface area contributed by atoms with Gasteiger partial charge < -0.3 is 9.84 Å². The molecule has 0 radical (unpaired) electrons. The summed E-state index contributed by atoms with van der Waals surface area (Å²) in [4.78, 5) is 35.5. The SMILES string of the molecule is CCC(=O)c1cccc(C(=O)OC(=O)c2ccccc2)c1O. The fraction of sp³-hybridized carbons (Fsp3) is 0.118. The van der Waals surface area contributed by atoms with Crippen LogP contribution in [0.3, 0.4) is 0 Å². The summed E-state index contributed by atoms with van der Waals surface area (Å²) >= 11 is 0. The monoisotopic (exact) mass is 298 g/mol. The van der Waals surface area contributed by atoms with Crippen LogP contribution >= 0.6 is 0 Å². The number of carbonyl (C=O) groups is 3. The molecule has 0 saturated carbocycles. The molecule has 0 heterocycles. The van der Waals surface area contributed by atoms with Crippen molar-refractivity contribution < 1.29 is 24.2 Å². The Balaban J connectivity index is 2.24. The van der Waals surface area contributed by atoms with Crippen molar-refractivity contribution in [2.45, 2.75) is 13.3 Å². The minimum atomic E-state index is -1.00. The zero-order chi connectivity index (χ0) is 16.1. The van der Waals surface area contributed by atoms with Gasteiger partial charge in [0, 0.05) is 6.42 Å². The van der Waals surface area contributed by atoms with E-state index in [1.807, 2.05) is 0 Å². The molecule has 0 aliphatic rings. The van der Waals surface area contributed by atoms with Crippen LogP contribution in [-0.4, -0.2) is 22.8 Å². The van der Waals surface area contributed by atoms with Crippen LogP contribution in [0.4, 0.5) is 0 Å². The number of esters is 2. The lowest BCUT2D eigenvalue weighted by molar-refractivity contribution is 0.0396. The molecule has 5 heteroatoms. The molecule has 0 bridgehead atoms. The number of Topliss-reactive ketones (excluding diaryl/α,β-unsaturated/α-hetero) is 1. The zero-order valence-corrected chi connectivity index (χ0v) is 11.9. The summed E-state index contributed by atoms with van der Waals surface area (Å²) in [6.45, 7) is 1.64. The molecule has 2 rings (SSSR count). The fourth-order valence-electron chi connectivity index (χ4n) is 1.90. The van der Waals surface area contributed by atoms with E-state index in [-0.39, 0.29) is 28.9 Å². The smallest absolute Gasteiger partial charge is 0.349 e. The van der Waals surface area contributed by atoms with Gasteiger partial charge in [0.1, 0.15) is 11.3 Å². The van der Waals surface area contributed by atoms with E-state index in [4.69, 9.17) is 4.74 Å². The molecule has 2 aromatic carbocycles. The third-order valence-electron chi connectivity index (χ3n) is 3.07. The second-order valence-electron chi connectivity index (χ2n) is 4.52. The number of carbonyl (C=O) groups excluding carboxylic acids is 3. The first-order chi connectivity index (χ1) is 10.5. The molecule has 0 unspecified atom stereocenters. The van der Waals surface area contributed by atoms with Gasteiger partial charge in [-0.25, -0.2) is 9.59 Å². The van der Waals surface area contributed by atoms with E-state index in [0.29, 0.717) is 0 Å². The standard InChI is InChI=1S/C17H14O5/c1-2-14(18)12-9-6-10-13(15(12)19)17(21)22-16(20)11-7-4-3-5-8-11/h3-10,19H,2H2,1H3. The highest BCUT2D eigenvalue weighted by Crippen LogP contribution is 2.24. The molecule has 0 atom stereocenters. The third-order valence-corrected chi connectivity index (χ3v) is 3.07. The summed E-state index contributed by atoms with van der Waals surface area (Å²) in [5.74, 6) is -2.60.